The molecule has 1 aromatic carbocycles. The van der Waals surface area contributed by atoms with Crippen LogP contribution in [0, 0.1) is 13.8 Å². The molecule has 2 rings (SSSR count). The van der Waals surface area contributed by atoms with Gasteiger partial charge in [-0.05, 0) is 38.0 Å². The number of nitrogens with zero attached hydrogens (tertiary/aromatic N) is 2. The highest BCUT2D eigenvalue weighted by Crippen LogP contribution is 2.32. The van der Waals surface area contributed by atoms with E-state index in [2.05, 4.69) is 5.10 Å². The lowest BCUT2D eigenvalue weighted by Crippen LogP contribution is -2.03. The highest BCUT2D eigenvalue weighted by atomic mass is 35.7. The van der Waals surface area contributed by atoms with Crippen molar-refractivity contribution in [2.75, 3.05) is 0 Å². The third kappa shape index (κ3) is 3.77. The maximum atomic E-state index is 11.7. The number of aryl methyl sites for hydroxylation is 3. The molecule has 0 unspecified atom stereocenters. The van der Waals surface area contributed by atoms with Crippen LogP contribution in [0.2, 0.25) is 0 Å². The Labute approximate surface area is 128 Å². The summed E-state index contributed by atoms with van der Waals surface area (Å²) in [4.78, 5) is 0.00421. The van der Waals surface area contributed by atoms with Crippen LogP contribution in [0.5, 0.6) is 5.75 Å². The van der Waals surface area contributed by atoms with E-state index in [0.29, 0.717) is 5.75 Å². The molecule has 0 N–H and O–H groups in total. The van der Waals surface area contributed by atoms with Gasteiger partial charge in [0.25, 0.3) is 9.05 Å². The van der Waals surface area contributed by atoms with Gasteiger partial charge in [0.05, 0.1) is 6.20 Å². The smallest absolute Gasteiger partial charge is 0.265 e. The topological polar surface area (TPSA) is 61.2 Å². The first-order valence-electron chi connectivity index (χ1n) is 6.51. The van der Waals surface area contributed by atoms with Crippen molar-refractivity contribution in [1.82, 2.24) is 9.78 Å². The Morgan fingerprint density at radius 1 is 1.33 bits per heavy atom. The summed E-state index contributed by atoms with van der Waals surface area (Å²) in [6.07, 6.45) is 3.56. The Morgan fingerprint density at radius 3 is 2.62 bits per heavy atom. The maximum absolute atomic E-state index is 11.7. The number of ether oxygens (including phenoxy) is 1. The number of rotatable bonds is 5. The summed E-state index contributed by atoms with van der Waals surface area (Å²) >= 11 is 0. The van der Waals surface area contributed by atoms with Crippen molar-refractivity contribution in [3.8, 4) is 5.75 Å². The zero-order valence-corrected chi connectivity index (χ0v) is 13.7. The average Bonchev–Trinajstić information content (AvgIpc) is 2.83. The molecule has 5 nitrogen and oxygen atoms in total. The van der Waals surface area contributed by atoms with E-state index in [1.165, 1.54) is 6.07 Å². The first-order valence-corrected chi connectivity index (χ1v) is 8.82. The van der Waals surface area contributed by atoms with Crippen LogP contribution in [-0.4, -0.2) is 18.2 Å². The first-order chi connectivity index (χ1) is 9.81. The van der Waals surface area contributed by atoms with Crippen LogP contribution in [0.1, 0.15) is 23.6 Å². The van der Waals surface area contributed by atoms with Gasteiger partial charge in [-0.2, -0.15) is 5.10 Å². The number of hydrogen-bond acceptors (Lipinski definition) is 4. The van der Waals surface area contributed by atoms with E-state index in [4.69, 9.17) is 15.4 Å². The van der Waals surface area contributed by atoms with Crippen molar-refractivity contribution in [2.24, 2.45) is 0 Å². The molecule has 21 heavy (non-hydrogen) atoms. The largest absolute Gasteiger partial charge is 0.487 e. The van der Waals surface area contributed by atoms with E-state index in [1.54, 1.807) is 17.8 Å². The lowest BCUT2D eigenvalue weighted by molar-refractivity contribution is 0.295. The van der Waals surface area contributed by atoms with Gasteiger partial charge in [-0.25, -0.2) is 8.42 Å². The molecule has 0 saturated heterocycles. The second-order valence-corrected chi connectivity index (χ2v) is 7.37. The predicted molar refractivity (Wildman–Crippen MR) is 81.2 cm³/mol. The second-order valence-electron chi connectivity index (χ2n) is 4.84. The van der Waals surface area contributed by atoms with Crippen LogP contribution in [-0.2, 0) is 22.2 Å². The summed E-state index contributed by atoms with van der Waals surface area (Å²) in [6.45, 7) is 6.60. The molecule has 0 saturated carbocycles. The molecule has 0 atom stereocenters. The fourth-order valence-corrected chi connectivity index (χ4v) is 3.20. The first kappa shape index (κ1) is 15.9. The molecule has 0 amide bonds. The predicted octanol–water partition coefficient (Wildman–Crippen LogP) is 3.03. The van der Waals surface area contributed by atoms with Crippen molar-refractivity contribution in [1.29, 1.82) is 0 Å². The molecule has 0 bridgehead atoms. The summed E-state index contributed by atoms with van der Waals surface area (Å²) in [7, 11) is 1.64. The normalized spacial score (nSPS) is 11.6. The molecule has 0 aliphatic rings. The lowest BCUT2D eigenvalue weighted by Gasteiger charge is -2.13. The third-order valence-corrected chi connectivity index (χ3v) is 4.37. The van der Waals surface area contributed by atoms with Gasteiger partial charge in [0, 0.05) is 29.0 Å². The molecular weight excluding hydrogens is 312 g/mol. The Bertz CT molecular complexity index is 754. The third-order valence-electron chi connectivity index (χ3n) is 3.04. The summed E-state index contributed by atoms with van der Waals surface area (Å²) in [5.74, 6) is 0.292. The Kier molecular flexibility index (Phi) is 4.58. The van der Waals surface area contributed by atoms with Gasteiger partial charge in [0.1, 0.15) is 17.3 Å². The Morgan fingerprint density at radius 2 is 2.05 bits per heavy atom. The van der Waals surface area contributed by atoms with E-state index in [0.717, 1.165) is 23.2 Å². The van der Waals surface area contributed by atoms with Gasteiger partial charge in [0.15, 0.2) is 0 Å². The van der Waals surface area contributed by atoms with Crippen LogP contribution >= 0.6 is 10.7 Å². The van der Waals surface area contributed by atoms with Gasteiger partial charge in [-0.3, -0.25) is 4.68 Å². The van der Waals surface area contributed by atoms with Crippen LogP contribution in [0.25, 0.3) is 0 Å². The van der Waals surface area contributed by atoms with Crippen molar-refractivity contribution in [3.63, 3.8) is 0 Å². The standard InChI is InChI=1S/C14H17ClN2O3S/c1-4-17-8-12(7-16-17)9-20-14-11(3)5-10(2)6-13(14)21(15,18)19/h5-8H,4,9H2,1-3H3. The molecule has 0 fully saturated rings. The highest BCUT2D eigenvalue weighted by Gasteiger charge is 2.20. The Hall–Kier alpha value is -1.53. The van der Waals surface area contributed by atoms with Gasteiger partial charge >= 0.3 is 0 Å². The number of hydrogen-bond donors (Lipinski definition) is 0. The SMILES string of the molecule is CCn1cc(COc2c(C)cc(C)cc2S(=O)(=O)Cl)cn1. The maximum Gasteiger partial charge on any atom is 0.265 e. The van der Waals surface area contributed by atoms with E-state index < -0.39 is 9.05 Å². The fourth-order valence-electron chi connectivity index (χ4n) is 2.09. The molecule has 0 spiro atoms. The van der Waals surface area contributed by atoms with Crippen LogP contribution in [0.3, 0.4) is 0 Å². The second kappa shape index (κ2) is 6.07. The van der Waals surface area contributed by atoms with Crippen LogP contribution < -0.4 is 4.74 Å². The minimum absolute atomic E-state index is 0.00421. The van der Waals surface area contributed by atoms with E-state index in [-0.39, 0.29) is 11.5 Å². The van der Waals surface area contributed by atoms with Crippen molar-refractivity contribution >= 4 is 19.7 Å². The monoisotopic (exact) mass is 328 g/mol. The average molecular weight is 329 g/mol. The molecule has 0 radical (unpaired) electrons. The van der Waals surface area contributed by atoms with Gasteiger partial charge in [-0.15, -0.1) is 0 Å². The lowest BCUT2D eigenvalue weighted by atomic mass is 10.1. The van der Waals surface area contributed by atoms with E-state index in [1.807, 2.05) is 26.1 Å². The molecule has 0 aliphatic heterocycles. The summed E-state index contributed by atoms with van der Waals surface area (Å²) in [6, 6.07) is 3.37. The molecule has 114 valence electrons. The quantitative estimate of drug-likeness (QED) is 0.791. The zero-order chi connectivity index (χ0) is 15.6. The van der Waals surface area contributed by atoms with Gasteiger partial charge in [0.2, 0.25) is 0 Å². The minimum Gasteiger partial charge on any atom is -0.487 e. The molecule has 0 aliphatic carbocycles. The zero-order valence-electron chi connectivity index (χ0n) is 12.1. The number of halogens is 1. The Balaban J connectivity index is 2.31. The molecular formula is C14H17ClN2O3S. The van der Waals surface area contributed by atoms with E-state index in [9.17, 15) is 8.42 Å². The molecule has 1 aromatic heterocycles. The summed E-state index contributed by atoms with van der Waals surface area (Å²) < 4.78 is 30.8. The van der Waals surface area contributed by atoms with E-state index >= 15 is 0 Å². The van der Waals surface area contributed by atoms with Crippen molar-refractivity contribution < 1.29 is 13.2 Å². The number of aromatic nitrogens is 2. The minimum atomic E-state index is -3.86. The van der Waals surface area contributed by atoms with Crippen LogP contribution in [0.4, 0.5) is 0 Å². The number of benzene rings is 1. The van der Waals surface area contributed by atoms with Crippen LogP contribution in [0.15, 0.2) is 29.4 Å². The summed E-state index contributed by atoms with van der Waals surface area (Å²) in [5, 5.41) is 4.15. The molecule has 2 aromatic rings. The van der Waals surface area contributed by atoms with Crippen molar-refractivity contribution in [2.45, 2.75) is 38.8 Å². The van der Waals surface area contributed by atoms with Crippen molar-refractivity contribution in [3.05, 3.63) is 41.2 Å². The highest BCUT2D eigenvalue weighted by molar-refractivity contribution is 8.13. The van der Waals surface area contributed by atoms with Gasteiger partial charge in [-0.1, -0.05) is 6.07 Å². The van der Waals surface area contributed by atoms with Gasteiger partial charge < -0.3 is 4.74 Å². The fraction of sp³-hybridized carbons (Fsp3) is 0.357. The molecule has 1 heterocycles. The summed E-state index contributed by atoms with van der Waals surface area (Å²) in [5.41, 5.74) is 2.42. The molecule has 7 heteroatoms.